The van der Waals surface area contributed by atoms with Gasteiger partial charge < -0.3 is 23.8 Å². The summed E-state index contributed by atoms with van der Waals surface area (Å²) in [5, 5.41) is 2.09. The molecule has 0 aliphatic carbocycles. The monoisotopic (exact) mass is 865 g/mol. The molecule has 13 nitrogen and oxygen atoms in total. The highest BCUT2D eigenvalue weighted by molar-refractivity contribution is 7.22. The van der Waals surface area contributed by atoms with E-state index in [0.29, 0.717) is 37.1 Å². The number of halogens is 6. The Hall–Kier alpha value is -4.85. The van der Waals surface area contributed by atoms with Crippen LogP contribution in [0.4, 0.5) is 46.9 Å². The molecule has 4 aliphatic heterocycles. The van der Waals surface area contributed by atoms with Gasteiger partial charge in [-0.15, -0.1) is 13.2 Å². The molecule has 4 fully saturated rings. The number of benzene rings is 2. The summed E-state index contributed by atoms with van der Waals surface area (Å²) in [4.78, 5) is 44.7. The summed E-state index contributed by atoms with van der Waals surface area (Å²) in [7, 11) is 0. The molecule has 0 spiro atoms. The average molecular weight is 866 g/mol. The number of nitrogens with zero attached hydrogens (tertiary/aromatic N) is 6. The van der Waals surface area contributed by atoms with Crippen LogP contribution in [0.2, 0.25) is 0 Å². The number of nitrogens with one attached hydrogen (secondary N) is 1. The van der Waals surface area contributed by atoms with Gasteiger partial charge in [-0.25, -0.2) is 27.7 Å². The van der Waals surface area contributed by atoms with E-state index in [9.17, 15) is 27.2 Å². The highest BCUT2D eigenvalue weighted by Crippen LogP contribution is 2.47. The molecule has 4 atom stereocenters. The summed E-state index contributed by atoms with van der Waals surface area (Å²) in [5.74, 6) is -3.05. The van der Waals surface area contributed by atoms with Crippen LogP contribution in [-0.4, -0.2) is 111 Å². The van der Waals surface area contributed by atoms with Crippen molar-refractivity contribution in [2.24, 2.45) is 0 Å². The number of fused-ring (bicyclic) bond motifs is 5. The molecule has 4 saturated heterocycles. The van der Waals surface area contributed by atoms with Gasteiger partial charge in [0.1, 0.15) is 46.9 Å². The number of amides is 2. The summed E-state index contributed by atoms with van der Waals surface area (Å²) in [6, 6.07) is 1.96. The van der Waals surface area contributed by atoms with Crippen molar-refractivity contribution in [2.45, 2.75) is 115 Å². The van der Waals surface area contributed by atoms with Gasteiger partial charge >= 0.3 is 24.6 Å². The normalized spacial score (nSPS) is 23.4. The van der Waals surface area contributed by atoms with E-state index in [0.717, 1.165) is 24.6 Å². The summed E-state index contributed by atoms with van der Waals surface area (Å²) in [5.41, 5.74) is -4.01. The van der Waals surface area contributed by atoms with Crippen molar-refractivity contribution in [1.82, 2.24) is 24.8 Å². The molecule has 20 heteroatoms. The van der Waals surface area contributed by atoms with Crippen molar-refractivity contribution in [3.8, 4) is 22.9 Å². The number of ether oxygens (including phenoxy) is 4. The lowest BCUT2D eigenvalue weighted by Gasteiger charge is -2.42. The lowest BCUT2D eigenvalue weighted by Crippen LogP contribution is -2.57. The third-order valence-electron chi connectivity index (χ3n) is 11.1. The number of carbonyl (C=O) groups excluding carboxylic acids is 2. The van der Waals surface area contributed by atoms with Gasteiger partial charge in [0, 0.05) is 37.0 Å². The quantitative estimate of drug-likeness (QED) is 0.179. The maximum Gasteiger partial charge on any atom is 0.573 e. The number of rotatable bonds is 7. The molecule has 2 aromatic heterocycles. The topological polar surface area (TPSA) is 131 Å². The Morgan fingerprint density at radius 1 is 0.950 bits per heavy atom. The van der Waals surface area contributed by atoms with Gasteiger partial charge in [0.05, 0.1) is 33.4 Å². The number of hydrogen-bond donors (Lipinski definition) is 1. The number of hydrogen-bond acceptors (Lipinski definition) is 12. The molecule has 2 unspecified atom stereocenters. The zero-order chi connectivity index (χ0) is 43.1. The van der Waals surface area contributed by atoms with Gasteiger partial charge in [-0.05, 0) is 92.0 Å². The Labute approximate surface area is 345 Å². The van der Waals surface area contributed by atoms with Crippen LogP contribution in [0.5, 0.6) is 11.8 Å². The molecule has 2 aromatic carbocycles. The van der Waals surface area contributed by atoms with Crippen LogP contribution in [0.25, 0.3) is 32.2 Å². The van der Waals surface area contributed by atoms with E-state index in [1.54, 1.807) is 51.3 Å². The Morgan fingerprint density at radius 2 is 1.65 bits per heavy atom. The smallest absolute Gasteiger partial charge is 0.461 e. The van der Waals surface area contributed by atoms with Crippen molar-refractivity contribution in [3.05, 3.63) is 29.8 Å². The van der Waals surface area contributed by atoms with Crippen LogP contribution in [0.3, 0.4) is 0 Å². The van der Waals surface area contributed by atoms with E-state index < -0.39 is 69.9 Å². The predicted molar refractivity (Wildman–Crippen MR) is 210 cm³/mol. The first-order valence-corrected chi connectivity index (χ1v) is 20.6. The maximum absolute atomic E-state index is 17.5. The molecular weight excluding hydrogens is 821 g/mol. The summed E-state index contributed by atoms with van der Waals surface area (Å²) in [6.45, 7) is 11.4. The van der Waals surface area contributed by atoms with Crippen LogP contribution in [0.1, 0.15) is 73.6 Å². The highest BCUT2D eigenvalue weighted by atomic mass is 32.1. The number of alkyl halides is 4. The molecule has 0 radical (unpaired) electrons. The summed E-state index contributed by atoms with van der Waals surface area (Å²) < 4.78 is 112. The van der Waals surface area contributed by atoms with E-state index in [-0.39, 0.29) is 82.9 Å². The molecule has 4 aliphatic rings. The Bertz CT molecular complexity index is 2340. The van der Waals surface area contributed by atoms with Gasteiger partial charge in [-0.3, -0.25) is 15.1 Å². The first-order chi connectivity index (χ1) is 28.1. The van der Waals surface area contributed by atoms with Crippen LogP contribution in [-0.2, 0) is 9.47 Å². The largest absolute Gasteiger partial charge is 0.573 e. The van der Waals surface area contributed by atoms with Gasteiger partial charge in [0.25, 0.3) is 0 Å². The lowest BCUT2D eigenvalue weighted by molar-refractivity contribution is -0.274. The molecule has 324 valence electrons. The predicted octanol–water partition coefficient (Wildman–Crippen LogP) is 8.97. The van der Waals surface area contributed by atoms with Crippen LogP contribution in [0.15, 0.2) is 18.2 Å². The van der Waals surface area contributed by atoms with Crippen molar-refractivity contribution < 1.29 is 54.9 Å². The third-order valence-corrected chi connectivity index (χ3v) is 12.0. The fourth-order valence-electron chi connectivity index (χ4n) is 8.89. The summed E-state index contributed by atoms with van der Waals surface area (Å²) >= 11 is 0.673. The molecule has 0 saturated carbocycles. The van der Waals surface area contributed by atoms with Crippen LogP contribution in [0, 0.1) is 11.6 Å². The summed E-state index contributed by atoms with van der Waals surface area (Å²) in [6.07, 6.45) is -4.89. The number of anilines is 2. The molecule has 1 N–H and O–H groups in total. The van der Waals surface area contributed by atoms with Crippen molar-refractivity contribution >= 4 is 55.6 Å². The second-order valence-corrected chi connectivity index (χ2v) is 18.8. The number of piperazine rings is 1. The van der Waals surface area contributed by atoms with Crippen LogP contribution < -0.4 is 19.7 Å². The highest BCUT2D eigenvalue weighted by Gasteiger charge is 2.50. The molecule has 4 aromatic rings. The Balaban J connectivity index is 1.26. The molecule has 8 rings (SSSR count). The zero-order valence-electron chi connectivity index (χ0n) is 33.8. The van der Waals surface area contributed by atoms with Gasteiger partial charge in [0.15, 0.2) is 10.9 Å². The van der Waals surface area contributed by atoms with E-state index in [1.807, 2.05) is 4.90 Å². The molecule has 2 bridgehead atoms. The van der Waals surface area contributed by atoms with Gasteiger partial charge in [-0.1, -0.05) is 11.3 Å². The van der Waals surface area contributed by atoms with E-state index in [2.05, 4.69) is 25.0 Å². The zero-order valence-corrected chi connectivity index (χ0v) is 34.7. The maximum atomic E-state index is 17.5. The minimum Gasteiger partial charge on any atom is -0.461 e. The number of aromatic nitrogens is 3. The SMILES string of the molecule is CC(C)(C)OC(=O)Nc1nc2c(-c3c(OC(F)(F)F)cc4c(N5CC6CCC(C5)N6C(=O)OC(C)(C)C)nc(OC[C@@]56CCCN5C[C@H](F)C6)nc4c3F)ccc(F)c2s1. The van der Waals surface area contributed by atoms with Crippen molar-refractivity contribution in [1.29, 1.82) is 0 Å². The minimum atomic E-state index is -5.32. The van der Waals surface area contributed by atoms with E-state index in [1.165, 1.54) is 0 Å². The average Bonchev–Trinajstić information content (AvgIpc) is 3.86. The Kier molecular flexibility index (Phi) is 10.4. The van der Waals surface area contributed by atoms with Gasteiger partial charge in [0.2, 0.25) is 0 Å². The van der Waals surface area contributed by atoms with Crippen LogP contribution >= 0.6 is 11.3 Å². The fourth-order valence-corrected chi connectivity index (χ4v) is 9.77. The second-order valence-electron chi connectivity index (χ2n) is 17.8. The molecule has 2 amide bonds. The Morgan fingerprint density at radius 3 is 2.32 bits per heavy atom. The van der Waals surface area contributed by atoms with Gasteiger partial charge in [-0.2, -0.15) is 9.97 Å². The van der Waals surface area contributed by atoms with Crippen molar-refractivity contribution in [3.63, 3.8) is 0 Å². The first kappa shape index (κ1) is 41.9. The fraction of sp³-hybridized carbons (Fsp3) is 0.575. The minimum absolute atomic E-state index is 0.0232. The molecule has 6 heterocycles. The second kappa shape index (κ2) is 15.0. The van der Waals surface area contributed by atoms with E-state index in [4.69, 9.17) is 14.2 Å². The first-order valence-electron chi connectivity index (χ1n) is 19.7. The third kappa shape index (κ3) is 8.28. The number of thiazole rings is 1. The standard InChI is InChI=1S/C40H45F6N7O6S/c1-37(2,3)58-35(54)50-34-48-30-23(10-11-25(42)31(30)60-34)27-26(57-40(44,45)46)14-24-29(28(27)43)47-33(56-19-39-12-7-13-52(39)16-20(41)15-39)49-32(24)51-17-21-8-9-22(18-51)53(21)36(55)59-38(4,5)6/h10-11,14,20-22H,7-9,12-13,15-19H2,1-6H3,(H,48,50,54)/t20-,21?,22?,39+/m1/s1. The van der Waals surface area contributed by atoms with E-state index >= 15 is 8.78 Å². The molecule has 60 heavy (non-hydrogen) atoms. The lowest BCUT2D eigenvalue weighted by atomic mass is 9.95. The number of carbonyl (C=O) groups is 2. The molecular formula is C40H45F6N7O6S. The van der Waals surface area contributed by atoms with Crippen molar-refractivity contribution in [2.75, 3.05) is 43.0 Å².